The Morgan fingerprint density at radius 2 is 1.91 bits per heavy atom. The number of carbonyl (C=O) groups excluding carboxylic acids is 2. The molecule has 0 radical (unpaired) electrons. The third-order valence-corrected chi connectivity index (χ3v) is 6.10. The molecule has 3 heterocycles. The van der Waals surface area contributed by atoms with E-state index in [9.17, 15) is 9.59 Å². The first-order valence-electron chi connectivity index (χ1n) is 10.7. The lowest BCUT2D eigenvalue weighted by molar-refractivity contribution is -0.122. The standard InChI is InChI=1S/C22H27N5O2.CH2O2/c1-15-6-7-17(10-20(15)25-21(28)18-8-9-23-24-11-18)22(29)27-13-16-4-3-5-19(14-27)26(2)12-16;2-1-3/h6-11,16,19H,3-5,12-14H2,1-2H3,(H,25,28);1H,(H,2,3)/t16-,19-;/m0./s1. The van der Waals surface area contributed by atoms with Crippen molar-refractivity contribution in [2.24, 2.45) is 5.92 Å². The highest BCUT2D eigenvalue weighted by molar-refractivity contribution is 6.05. The first-order valence-corrected chi connectivity index (χ1v) is 10.7. The first-order chi connectivity index (χ1) is 15.4. The number of nitrogens with one attached hydrogen (secondary N) is 1. The molecule has 2 N–H and O–H groups in total. The molecule has 0 spiro atoms. The normalized spacial score (nSPS) is 20.4. The van der Waals surface area contributed by atoms with Gasteiger partial charge in [0.05, 0.1) is 18.0 Å². The summed E-state index contributed by atoms with van der Waals surface area (Å²) in [6.45, 7) is 4.30. The molecule has 2 atom stereocenters. The van der Waals surface area contributed by atoms with Crippen LogP contribution in [0.1, 0.15) is 45.5 Å². The molecular formula is C23H29N5O4. The highest BCUT2D eigenvalue weighted by Gasteiger charge is 2.33. The number of rotatable bonds is 3. The summed E-state index contributed by atoms with van der Waals surface area (Å²) in [6.07, 6.45) is 6.47. The van der Waals surface area contributed by atoms with Gasteiger partial charge in [-0.1, -0.05) is 12.5 Å². The summed E-state index contributed by atoms with van der Waals surface area (Å²) in [5.74, 6) is 0.303. The molecule has 2 bridgehead atoms. The topological polar surface area (TPSA) is 116 Å². The summed E-state index contributed by atoms with van der Waals surface area (Å²) < 4.78 is 0. The zero-order chi connectivity index (χ0) is 23.1. The van der Waals surface area contributed by atoms with Crippen molar-refractivity contribution in [1.29, 1.82) is 0 Å². The largest absolute Gasteiger partial charge is 0.483 e. The van der Waals surface area contributed by atoms with Crippen LogP contribution in [-0.2, 0) is 4.79 Å². The van der Waals surface area contributed by atoms with Crippen LogP contribution in [0, 0.1) is 12.8 Å². The number of carboxylic acid groups (broad SMARTS) is 1. The number of aromatic nitrogens is 2. The number of aryl methyl sites for hydroxylation is 1. The molecule has 4 rings (SSSR count). The average molecular weight is 440 g/mol. The fourth-order valence-corrected chi connectivity index (χ4v) is 4.39. The van der Waals surface area contributed by atoms with E-state index in [-0.39, 0.29) is 18.3 Å². The summed E-state index contributed by atoms with van der Waals surface area (Å²) in [5, 5.41) is 17.2. The molecule has 170 valence electrons. The van der Waals surface area contributed by atoms with Crippen molar-refractivity contribution in [2.45, 2.75) is 32.2 Å². The molecule has 2 fully saturated rings. The molecule has 9 heteroatoms. The van der Waals surface area contributed by atoms with E-state index < -0.39 is 0 Å². The van der Waals surface area contributed by atoms with Gasteiger partial charge in [0.1, 0.15) is 0 Å². The van der Waals surface area contributed by atoms with E-state index in [1.54, 1.807) is 12.1 Å². The van der Waals surface area contributed by atoms with Gasteiger partial charge in [0.25, 0.3) is 18.3 Å². The maximum atomic E-state index is 13.3. The van der Waals surface area contributed by atoms with Crippen molar-refractivity contribution < 1.29 is 19.5 Å². The lowest BCUT2D eigenvalue weighted by Crippen LogP contribution is -2.42. The molecular weight excluding hydrogens is 410 g/mol. The first kappa shape index (κ1) is 23.3. The van der Waals surface area contributed by atoms with Crippen LogP contribution in [0.5, 0.6) is 0 Å². The lowest BCUT2D eigenvalue weighted by atomic mass is 9.99. The minimum atomic E-state index is -0.265. The second-order valence-corrected chi connectivity index (χ2v) is 8.32. The molecule has 0 saturated carbocycles. The van der Waals surface area contributed by atoms with E-state index in [0.29, 0.717) is 28.8 Å². The Bertz CT molecular complexity index is 953. The highest BCUT2D eigenvalue weighted by Crippen LogP contribution is 2.27. The number of amides is 2. The summed E-state index contributed by atoms with van der Waals surface area (Å²) in [5.41, 5.74) is 2.59. The predicted octanol–water partition coefficient (Wildman–Crippen LogP) is 2.29. The van der Waals surface area contributed by atoms with Crippen LogP contribution >= 0.6 is 0 Å². The predicted molar refractivity (Wildman–Crippen MR) is 120 cm³/mol. The van der Waals surface area contributed by atoms with Gasteiger partial charge in [0, 0.05) is 36.9 Å². The van der Waals surface area contributed by atoms with Crippen molar-refractivity contribution in [3.8, 4) is 0 Å². The molecule has 1 aromatic carbocycles. The van der Waals surface area contributed by atoms with Crippen molar-refractivity contribution in [3.05, 3.63) is 53.3 Å². The Hall–Kier alpha value is -3.33. The minimum absolute atomic E-state index is 0.0401. The Labute approximate surface area is 187 Å². The van der Waals surface area contributed by atoms with E-state index in [2.05, 4.69) is 27.5 Å². The van der Waals surface area contributed by atoms with Gasteiger partial charge in [-0.15, -0.1) is 0 Å². The SMILES string of the molecule is Cc1ccc(C(=O)N2C[C@H]3CCC[C@@H](C2)N(C)C3)cc1NC(=O)c1ccnnc1.O=CO. The van der Waals surface area contributed by atoms with Crippen LogP contribution in [-0.4, -0.2) is 76.1 Å². The Morgan fingerprint density at radius 1 is 1.12 bits per heavy atom. The third kappa shape index (κ3) is 5.67. The molecule has 2 aliphatic rings. The molecule has 2 aliphatic heterocycles. The van der Waals surface area contributed by atoms with Gasteiger partial charge in [0.15, 0.2) is 0 Å². The monoisotopic (exact) mass is 439 g/mol. The summed E-state index contributed by atoms with van der Waals surface area (Å²) in [7, 11) is 2.17. The van der Waals surface area contributed by atoms with Crippen LogP contribution in [0.25, 0.3) is 0 Å². The van der Waals surface area contributed by atoms with Gasteiger partial charge >= 0.3 is 0 Å². The quantitative estimate of drug-likeness (QED) is 0.705. The van der Waals surface area contributed by atoms with Crippen LogP contribution in [0.3, 0.4) is 0 Å². The zero-order valence-electron chi connectivity index (χ0n) is 18.4. The van der Waals surface area contributed by atoms with Crippen molar-refractivity contribution in [1.82, 2.24) is 20.0 Å². The molecule has 0 unspecified atom stereocenters. The van der Waals surface area contributed by atoms with E-state index in [1.807, 2.05) is 24.0 Å². The summed E-state index contributed by atoms with van der Waals surface area (Å²) in [4.78, 5) is 38.5. The number of carbonyl (C=O) groups is 3. The lowest BCUT2D eigenvalue weighted by Gasteiger charge is -2.30. The zero-order valence-corrected chi connectivity index (χ0v) is 18.4. The van der Waals surface area contributed by atoms with Gasteiger partial charge < -0.3 is 20.2 Å². The number of anilines is 1. The molecule has 32 heavy (non-hydrogen) atoms. The average Bonchev–Trinajstić information content (AvgIpc) is 3.04. The van der Waals surface area contributed by atoms with Crippen molar-refractivity contribution in [2.75, 3.05) is 32.0 Å². The third-order valence-electron chi connectivity index (χ3n) is 6.10. The molecule has 2 saturated heterocycles. The van der Waals surface area contributed by atoms with Crippen molar-refractivity contribution >= 4 is 24.0 Å². The number of likely N-dealkylation sites (N-methyl/N-ethyl adjacent to an activating group) is 1. The number of benzene rings is 1. The van der Waals surface area contributed by atoms with Gasteiger partial charge in [-0.25, -0.2) is 0 Å². The van der Waals surface area contributed by atoms with E-state index in [0.717, 1.165) is 31.6 Å². The fraction of sp³-hybridized carbons (Fsp3) is 0.435. The Morgan fingerprint density at radius 3 is 2.62 bits per heavy atom. The second-order valence-electron chi connectivity index (χ2n) is 8.32. The summed E-state index contributed by atoms with van der Waals surface area (Å²) >= 11 is 0. The Kier molecular flexibility index (Phi) is 7.88. The molecule has 0 aliphatic carbocycles. The second kappa shape index (κ2) is 10.8. The van der Waals surface area contributed by atoms with Crippen LogP contribution < -0.4 is 5.32 Å². The number of fused-ring (bicyclic) bond motifs is 3. The van der Waals surface area contributed by atoms with Gasteiger partial charge in [0.2, 0.25) is 0 Å². The van der Waals surface area contributed by atoms with Crippen LogP contribution in [0.2, 0.25) is 0 Å². The van der Waals surface area contributed by atoms with Crippen LogP contribution in [0.4, 0.5) is 5.69 Å². The number of nitrogens with zero attached hydrogens (tertiary/aromatic N) is 4. The number of likely N-dealkylation sites (tertiary alicyclic amines) is 1. The maximum Gasteiger partial charge on any atom is 0.290 e. The Balaban J connectivity index is 0.000000913. The minimum Gasteiger partial charge on any atom is -0.483 e. The smallest absolute Gasteiger partial charge is 0.290 e. The molecule has 2 aromatic rings. The van der Waals surface area contributed by atoms with Crippen LogP contribution in [0.15, 0.2) is 36.7 Å². The molecule has 2 amide bonds. The van der Waals surface area contributed by atoms with Gasteiger partial charge in [-0.2, -0.15) is 10.2 Å². The molecule has 1 aromatic heterocycles. The highest BCUT2D eigenvalue weighted by atomic mass is 16.3. The maximum absolute atomic E-state index is 13.3. The van der Waals surface area contributed by atoms with Gasteiger partial charge in [-0.05, 0) is 56.5 Å². The van der Waals surface area contributed by atoms with E-state index in [1.165, 1.54) is 25.2 Å². The number of hydrogen-bond donors (Lipinski definition) is 2. The fourth-order valence-electron chi connectivity index (χ4n) is 4.39. The van der Waals surface area contributed by atoms with E-state index >= 15 is 0 Å². The molecule has 9 nitrogen and oxygen atoms in total. The summed E-state index contributed by atoms with van der Waals surface area (Å²) in [6, 6.07) is 7.56. The number of hydrogen-bond acceptors (Lipinski definition) is 6. The van der Waals surface area contributed by atoms with E-state index in [4.69, 9.17) is 9.90 Å². The van der Waals surface area contributed by atoms with Crippen molar-refractivity contribution in [3.63, 3.8) is 0 Å². The van der Waals surface area contributed by atoms with Gasteiger partial charge in [-0.3, -0.25) is 14.4 Å².